The number of rotatable bonds is 2. The Labute approximate surface area is 71.8 Å². The number of aliphatic hydroxyl groups is 1. The molecule has 0 aromatic carbocycles. The Balaban J connectivity index is 2.45. The molecule has 0 radical (unpaired) electrons. The van der Waals surface area contributed by atoms with Crippen LogP contribution in [0.5, 0.6) is 0 Å². The van der Waals surface area contributed by atoms with Crippen LogP contribution in [0.2, 0.25) is 0 Å². The van der Waals surface area contributed by atoms with Gasteiger partial charge in [0.25, 0.3) is 0 Å². The Morgan fingerprint density at radius 2 is 2.33 bits per heavy atom. The highest BCUT2D eigenvalue weighted by Gasteiger charge is 2.25. The molecule has 1 aliphatic heterocycles. The zero-order valence-corrected chi connectivity index (χ0v) is 7.23. The summed E-state index contributed by atoms with van der Waals surface area (Å²) in [5.41, 5.74) is 0. The summed E-state index contributed by atoms with van der Waals surface area (Å²) < 4.78 is 0. The number of carboxylic acids is 1. The second kappa shape index (κ2) is 3.87. The van der Waals surface area contributed by atoms with Gasteiger partial charge in [0.2, 0.25) is 0 Å². The first-order valence-electron chi connectivity index (χ1n) is 4.26. The van der Waals surface area contributed by atoms with Crippen LogP contribution in [-0.4, -0.2) is 46.3 Å². The van der Waals surface area contributed by atoms with Crippen molar-refractivity contribution in [3.8, 4) is 0 Å². The Hall–Kier alpha value is -0.610. The van der Waals surface area contributed by atoms with Crippen LogP contribution in [0.4, 0.5) is 0 Å². The van der Waals surface area contributed by atoms with Crippen LogP contribution < -0.4 is 0 Å². The molecule has 0 aromatic heterocycles. The van der Waals surface area contributed by atoms with Crippen LogP contribution in [0, 0.1) is 0 Å². The van der Waals surface area contributed by atoms with Gasteiger partial charge in [-0.2, -0.15) is 0 Å². The number of piperidine rings is 1. The molecular formula is C8H15NO3. The lowest BCUT2D eigenvalue weighted by molar-refractivity contribution is -0.143. The maximum absolute atomic E-state index is 10.6. The summed E-state index contributed by atoms with van der Waals surface area (Å²) in [4.78, 5) is 12.4. The van der Waals surface area contributed by atoms with Crippen molar-refractivity contribution in [2.24, 2.45) is 0 Å². The van der Waals surface area contributed by atoms with Gasteiger partial charge in [0.05, 0.1) is 6.10 Å². The first kappa shape index (κ1) is 9.48. The third kappa shape index (κ3) is 2.19. The van der Waals surface area contributed by atoms with Crippen LogP contribution in [0.25, 0.3) is 0 Å². The summed E-state index contributed by atoms with van der Waals surface area (Å²) in [7, 11) is 0. The molecule has 1 saturated heterocycles. The van der Waals surface area contributed by atoms with Gasteiger partial charge in [-0.15, -0.1) is 0 Å². The van der Waals surface area contributed by atoms with E-state index in [9.17, 15) is 9.90 Å². The smallest absolute Gasteiger partial charge is 0.320 e. The number of likely N-dealkylation sites (tertiary alicyclic amines) is 1. The number of aliphatic hydroxyl groups excluding tert-OH is 1. The third-order valence-corrected chi connectivity index (χ3v) is 2.33. The average Bonchev–Trinajstić information content (AvgIpc) is 2.03. The number of hydrogen-bond acceptors (Lipinski definition) is 3. The molecule has 1 rings (SSSR count). The predicted molar refractivity (Wildman–Crippen MR) is 43.9 cm³/mol. The van der Waals surface area contributed by atoms with E-state index >= 15 is 0 Å². The lowest BCUT2D eigenvalue weighted by Crippen LogP contribution is -2.46. The van der Waals surface area contributed by atoms with Crippen molar-refractivity contribution in [2.45, 2.75) is 31.9 Å². The van der Waals surface area contributed by atoms with E-state index in [2.05, 4.69) is 0 Å². The fourth-order valence-corrected chi connectivity index (χ4v) is 1.49. The van der Waals surface area contributed by atoms with E-state index in [4.69, 9.17) is 5.11 Å². The lowest BCUT2D eigenvalue weighted by atomic mass is 10.1. The van der Waals surface area contributed by atoms with Gasteiger partial charge in [-0.25, -0.2) is 0 Å². The fraction of sp³-hybridized carbons (Fsp3) is 0.875. The molecule has 2 unspecified atom stereocenters. The van der Waals surface area contributed by atoms with Gasteiger partial charge in [-0.05, 0) is 26.3 Å². The summed E-state index contributed by atoms with van der Waals surface area (Å²) in [6.45, 7) is 2.93. The first-order chi connectivity index (χ1) is 5.61. The normalized spacial score (nSPS) is 28.3. The molecule has 0 aromatic rings. The summed E-state index contributed by atoms with van der Waals surface area (Å²) in [5, 5.41) is 18.0. The van der Waals surface area contributed by atoms with Crippen LogP contribution in [0.1, 0.15) is 19.8 Å². The van der Waals surface area contributed by atoms with Crippen LogP contribution in [0.3, 0.4) is 0 Å². The number of β-amino-alcohol motifs (C(OH)–C–C–N with tert-alkyl or cyclic N) is 1. The second-order valence-corrected chi connectivity index (χ2v) is 3.31. The highest BCUT2D eigenvalue weighted by atomic mass is 16.4. The molecular weight excluding hydrogens is 158 g/mol. The average molecular weight is 173 g/mol. The summed E-state index contributed by atoms with van der Waals surface area (Å²) in [6.07, 6.45) is 1.34. The van der Waals surface area contributed by atoms with Crippen molar-refractivity contribution in [1.82, 2.24) is 4.90 Å². The van der Waals surface area contributed by atoms with Gasteiger partial charge in [0.1, 0.15) is 6.04 Å². The zero-order valence-electron chi connectivity index (χ0n) is 7.23. The largest absolute Gasteiger partial charge is 0.480 e. The molecule has 70 valence electrons. The van der Waals surface area contributed by atoms with Crippen molar-refractivity contribution >= 4 is 5.97 Å². The molecule has 1 fully saturated rings. The monoisotopic (exact) mass is 173 g/mol. The Morgan fingerprint density at radius 1 is 1.67 bits per heavy atom. The molecule has 0 aliphatic carbocycles. The predicted octanol–water partition coefficient (Wildman–Crippen LogP) is -0.0838. The van der Waals surface area contributed by atoms with E-state index < -0.39 is 12.0 Å². The summed E-state index contributed by atoms with van der Waals surface area (Å²) in [5.74, 6) is -0.816. The van der Waals surface area contributed by atoms with Crippen molar-refractivity contribution in [3.63, 3.8) is 0 Å². The molecule has 12 heavy (non-hydrogen) atoms. The minimum absolute atomic E-state index is 0.347. The van der Waals surface area contributed by atoms with Gasteiger partial charge in [-0.1, -0.05) is 0 Å². The number of carbonyl (C=O) groups is 1. The van der Waals surface area contributed by atoms with E-state index in [0.717, 1.165) is 19.4 Å². The van der Waals surface area contributed by atoms with Gasteiger partial charge in [0, 0.05) is 6.54 Å². The zero-order chi connectivity index (χ0) is 9.14. The maximum Gasteiger partial charge on any atom is 0.320 e. The first-order valence-corrected chi connectivity index (χ1v) is 4.26. The minimum Gasteiger partial charge on any atom is -0.480 e. The quantitative estimate of drug-likeness (QED) is 0.613. The maximum atomic E-state index is 10.6. The highest BCUT2D eigenvalue weighted by Crippen LogP contribution is 2.12. The number of aliphatic carboxylic acids is 1. The third-order valence-electron chi connectivity index (χ3n) is 2.33. The SMILES string of the molecule is CC(C(=O)O)N1CCCC(O)C1. The van der Waals surface area contributed by atoms with Gasteiger partial charge < -0.3 is 10.2 Å². The van der Waals surface area contributed by atoms with Crippen molar-refractivity contribution in [3.05, 3.63) is 0 Å². The van der Waals surface area contributed by atoms with Gasteiger partial charge in [0.15, 0.2) is 0 Å². The summed E-state index contributed by atoms with van der Waals surface area (Å²) in [6, 6.07) is -0.472. The van der Waals surface area contributed by atoms with Crippen molar-refractivity contribution in [2.75, 3.05) is 13.1 Å². The van der Waals surface area contributed by atoms with E-state index in [1.807, 2.05) is 0 Å². The molecule has 0 saturated carbocycles. The fourth-order valence-electron chi connectivity index (χ4n) is 1.49. The molecule has 1 aliphatic rings. The lowest BCUT2D eigenvalue weighted by Gasteiger charge is -2.32. The molecule has 1 heterocycles. The summed E-state index contributed by atoms with van der Waals surface area (Å²) >= 11 is 0. The molecule has 0 spiro atoms. The Bertz CT molecular complexity index is 172. The molecule has 2 N–H and O–H groups in total. The molecule has 0 amide bonds. The Morgan fingerprint density at radius 3 is 2.83 bits per heavy atom. The molecule has 0 bridgehead atoms. The second-order valence-electron chi connectivity index (χ2n) is 3.31. The van der Waals surface area contributed by atoms with Gasteiger partial charge >= 0.3 is 5.97 Å². The van der Waals surface area contributed by atoms with Crippen LogP contribution in [0.15, 0.2) is 0 Å². The van der Waals surface area contributed by atoms with Crippen LogP contribution in [-0.2, 0) is 4.79 Å². The van der Waals surface area contributed by atoms with E-state index in [0.29, 0.717) is 6.54 Å². The van der Waals surface area contributed by atoms with Gasteiger partial charge in [-0.3, -0.25) is 9.69 Å². The molecule has 4 nitrogen and oxygen atoms in total. The topological polar surface area (TPSA) is 60.8 Å². The minimum atomic E-state index is -0.816. The number of hydrogen-bond donors (Lipinski definition) is 2. The molecule has 2 atom stereocenters. The highest BCUT2D eigenvalue weighted by molar-refractivity contribution is 5.72. The van der Waals surface area contributed by atoms with E-state index in [-0.39, 0.29) is 6.10 Å². The van der Waals surface area contributed by atoms with Crippen molar-refractivity contribution in [1.29, 1.82) is 0 Å². The van der Waals surface area contributed by atoms with E-state index in [1.54, 1.807) is 11.8 Å². The number of carboxylic acid groups (broad SMARTS) is 1. The molecule has 4 heteroatoms. The van der Waals surface area contributed by atoms with E-state index in [1.165, 1.54) is 0 Å². The standard InChI is InChI=1S/C8H15NO3/c1-6(8(11)12)9-4-2-3-7(10)5-9/h6-7,10H,2-5H2,1H3,(H,11,12). The Kier molecular flexibility index (Phi) is 3.05. The van der Waals surface area contributed by atoms with Crippen LogP contribution >= 0.6 is 0 Å². The number of nitrogens with zero attached hydrogens (tertiary/aromatic N) is 1. The van der Waals surface area contributed by atoms with Crippen molar-refractivity contribution < 1.29 is 15.0 Å².